The summed E-state index contributed by atoms with van der Waals surface area (Å²) in [7, 11) is 0. The summed E-state index contributed by atoms with van der Waals surface area (Å²) in [4.78, 5) is 12.4. The molecule has 0 aliphatic heterocycles. The van der Waals surface area contributed by atoms with Gasteiger partial charge in [-0.2, -0.15) is 0 Å². The number of nitrogens with one attached hydrogen (secondary N) is 1. The summed E-state index contributed by atoms with van der Waals surface area (Å²) in [5.41, 5.74) is 7.05. The molecule has 1 fully saturated rings. The molecule has 1 aromatic rings. The standard InChI is InChI=1S/C18H28N2O2/c1-3-22-16-10-5-4-8-14(16)11-13-20-17(21)15-9-6-7-12-18(15,2)19/h4-5,8,10,15H,3,6-7,9,11-13,19H2,1-2H3,(H,20,21). The van der Waals surface area contributed by atoms with E-state index < -0.39 is 0 Å². The van der Waals surface area contributed by atoms with Crippen LogP contribution in [0.5, 0.6) is 5.75 Å². The minimum Gasteiger partial charge on any atom is -0.494 e. The quantitative estimate of drug-likeness (QED) is 0.849. The molecule has 0 saturated heterocycles. The Kier molecular flexibility index (Phi) is 5.83. The fraction of sp³-hybridized carbons (Fsp3) is 0.611. The molecule has 0 heterocycles. The molecule has 1 aliphatic rings. The highest BCUT2D eigenvalue weighted by molar-refractivity contribution is 5.80. The minimum absolute atomic E-state index is 0.0663. The van der Waals surface area contributed by atoms with Crippen LogP contribution in [0.15, 0.2) is 24.3 Å². The number of nitrogens with two attached hydrogens (primary N) is 1. The second kappa shape index (κ2) is 7.63. The van der Waals surface area contributed by atoms with Crippen molar-refractivity contribution in [3.8, 4) is 5.75 Å². The Labute approximate surface area is 133 Å². The zero-order valence-electron chi connectivity index (χ0n) is 13.7. The van der Waals surface area contributed by atoms with Crippen molar-refractivity contribution in [1.29, 1.82) is 0 Å². The molecule has 2 unspecified atom stereocenters. The summed E-state index contributed by atoms with van der Waals surface area (Å²) >= 11 is 0. The first-order valence-corrected chi connectivity index (χ1v) is 8.32. The van der Waals surface area contributed by atoms with Crippen molar-refractivity contribution in [3.63, 3.8) is 0 Å². The molecule has 0 radical (unpaired) electrons. The molecule has 22 heavy (non-hydrogen) atoms. The molecule has 1 amide bonds. The number of para-hydroxylation sites is 1. The maximum absolute atomic E-state index is 12.4. The average Bonchev–Trinajstić information content (AvgIpc) is 2.48. The van der Waals surface area contributed by atoms with Gasteiger partial charge in [-0.25, -0.2) is 0 Å². The van der Waals surface area contributed by atoms with Crippen LogP contribution < -0.4 is 15.8 Å². The van der Waals surface area contributed by atoms with E-state index in [4.69, 9.17) is 10.5 Å². The van der Waals surface area contributed by atoms with Crippen molar-refractivity contribution >= 4 is 5.91 Å². The fourth-order valence-corrected chi connectivity index (χ4v) is 3.24. The number of benzene rings is 1. The summed E-state index contributed by atoms with van der Waals surface area (Å²) in [6.07, 6.45) is 4.82. The van der Waals surface area contributed by atoms with Gasteiger partial charge in [0, 0.05) is 12.1 Å². The van der Waals surface area contributed by atoms with E-state index in [-0.39, 0.29) is 17.4 Å². The highest BCUT2D eigenvalue weighted by Crippen LogP contribution is 2.31. The first-order chi connectivity index (χ1) is 10.5. The van der Waals surface area contributed by atoms with Crippen LogP contribution in [0.4, 0.5) is 0 Å². The molecule has 0 bridgehead atoms. The first kappa shape index (κ1) is 16.8. The third-order valence-corrected chi connectivity index (χ3v) is 4.54. The molecule has 2 rings (SSSR count). The van der Waals surface area contributed by atoms with E-state index in [1.165, 1.54) is 0 Å². The predicted molar refractivity (Wildman–Crippen MR) is 88.9 cm³/mol. The molecule has 3 N–H and O–H groups in total. The van der Waals surface area contributed by atoms with Crippen LogP contribution in [0.25, 0.3) is 0 Å². The van der Waals surface area contributed by atoms with Gasteiger partial charge >= 0.3 is 0 Å². The van der Waals surface area contributed by atoms with Gasteiger partial charge in [-0.05, 0) is 44.7 Å². The van der Waals surface area contributed by atoms with Crippen molar-refractivity contribution in [2.75, 3.05) is 13.2 Å². The normalized spacial score (nSPS) is 24.8. The summed E-state index contributed by atoms with van der Waals surface area (Å²) in [6, 6.07) is 7.98. The van der Waals surface area contributed by atoms with E-state index in [1.54, 1.807) is 0 Å². The molecule has 1 aromatic carbocycles. The first-order valence-electron chi connectivity index (χ1n) is 8.32. The van der Waals surface area contributed by atoms with E-state index in [0.29, 0.717) is 13.2 Å². The van der Waals surface area contributed by atoms with Crippen LogP contribution in [0.2, 0.25) is 0 Å². The van der Waals surface area contributed by atoms with Crippen LogP contribution in [-0.2, 0) is 11.2 Å². The van der Waals surface area contributed by atoms with Crippen LogP contribution in [0.1, 0.15) is 45.1 Å². The Morgan fingerprint density at radius 3 is 2.91 bits per heavy atom. The van der Waals surface area contributed by atoms with Crippen molar-refractivity contribution in [3.05, 3.63) is 29.8 Å². The second-order valence-corrected chi connectivity index (χ2v) is 6.39. The van der Waals surface area contributed by atoms with E-state index in [2.05, 4.69) is 5.32 Å². The molecule has 0 aromatic heterocycles. The smallest absolute Gasteiger partial charge is 0.224 e. The van der Waals surface area contributed by atoms with Gasteiger partial charge < -0.3 is 15.8 Å². The van der Waals surface area contributed by atoms with Crippen LogP contribution in [-0.4, -0.2) is 24.6 Å². The number of carbonyl (C=O) groups is 1. The van der Waals surface area contributed by atoms with Crippen molar-refractivity contribution < 1.29 is 9.53 Å². The highest BCUT2D eigenvalue weighted by atomic mass is 16.5. The van der Waals surface area contributed by atoms with Crippen molar-refractivity contribution in [1.82, 2.24) is 5.32 Å². The van der Waals surface area contributed by atoms with E-state index in [0.717, 1.165) is 43.4 Å². The average molecular weight is 304 g/mol. The zero-order chi connectivity index (χ0) is 16.0. The van der Waals surface area contributed by atoms with Gasteiger partial charge in [0.2, 0.25) is 5.91 Å². The van der Waals surface area contributed by atoms with Gasteiger partial charge in [0.25, 0.3) is 0 Å². The summed E-state index contributed by atoms with van der Waals surface area (Å²) in [5.74, 6) is 0.933. The lowest BCUT2D eigenvalue weighted by molar-refractivity contribution is -0.128. The Hall–Kier alpha value is -1.55. The van der Waals surface area contributed by atoms with E-state index >= 15 is 0 Å². The lowest BCUT2D eigenvalue weighted by atomic mass is 9.74. The Bertz CT molecular complexity index is 500. The SMILES string of the molecule is CCOc1ccccc1CCNC(=O)C1CCCCC1(C)N. The van der Waals surface area contributed by atoms with Gasteiger partial charge in [-0.15, -0.1) is 0 Å². The molecule has 4 nitrogen and oxygen atoms in total. The zero-order valence-corrected chi connectivity index (χ0v) is 13.7. The molecule has 4 heteroatoms. The molecule has 122 valence electrons. The molecule has 0 spiro atoms. The topological polar surface area (TPSA) is 64.3 Å². The molecule has 1 saturated carbocycles. The molecular formula is C18H28N2O2. The molecule has 1 aliphatic carbocycles. The number of amides is 1. The van der Waals surface area contributed by atoms with E-state index in [9.17, 15) is 4.79 Å². The Morgan fingerprint density at radius 2 is 2.18 bits per heavy atom. The van der Waals surface area contributed by atoms with Crippen LogP contribution >= 0.6 is 0 Å². The van der Waals surface area contributed by atoms with Crippen molar-refractivity contribution in [2.45, 2.75) is 51.5 Å². The highest BCUT2D eigenvalue weighted by Gasteiger charge is 2.37. The summed E-state index contributed by atoms with van der Waals surface area (Å²) in [6.45, 7) is 5.25. The van der Waals surface area contributed by atoms with Crippen LogP contribution in [0.3, 0.4) is 0 Å². The van der Waals surface area contributed by atoms with Gasteiger partial charge in [0.15, 0.2) is 0 Å². The monoisotopic (exact) mass is 304 g/mol. The van der Waals surface area contributed by atoms with Gasteiger partial charge in [-0.3, -0.25) is 4.79 Å². The number of hydrogen-bond acceptors (Lipinski definition) is 3. The largest absolute Gasteiger partial charge is 0.494 e. The molecule has 2 atom stereocenters. The third-order valence-electron chi connectivity index (χ3n) is 4.54. The predicted octanol–water partition coefficient (Wildman–Crippen LogP) is 2.65. The number of ether oxygens (including phenoxy) is 1. The number of carbonyl (C=O) groups excluding carboxylic acids is 1. The van der Waals surface area contributed by atoms with Crippen LogP contribution in [0, 0.1) is 5.92 Å². The minimum atomic E-state index is -0.369. The Balaban J connectivity index is 1.87. The maximum Gasteiger partial charge on any atom is 0.224 e. The number of hydrogen-bond donors (Lipinski definition) is 2. The third kappa shape index (κ3) is 4.23. The van der Waals surface area contributed by atoms with Gasteiger partial charge in [0.1, 0.15) is 5.75 Å². The lowest BCUT2D eigenvalue weighted by Crippen LogP contribution is -2.53. The van der Waals surface area contributed by atoms with E-state index in [1.807, 2.05) is 38.1 Å². The Morgan fingerprint density at radius 1 is 1.41 bits per heavy atom. The summed E-state index contributed by atoms with van der Waals surface area (Å²) < 4.78 is 5.61. The second-order valence-electron chi connectivity index (χ2n) is 6.39. The number of rotatable bonds is 6. The lowest BCUT2D eigenvalue weighted by Gasteiger charge is -2.37. The van der Waals surface area contributed by atoms with Crippen molar-refractivity contribution in [2.24, 2.45) is 11.7 Å². The van der Waals surface area contributed by atoms with Gasteiger partial charge in [-0.1, -0.05) is 31.0 Å². The maximum atomic E-state index is 12.4. The summed E-state index contributed by atoms with van der Waals surface area (Å²) in [5, 5.41) is 3.05. The molecular weight excluding hydrogens is 276 g/mol. The fourth-order valence-electron chi connectivity index (χ4n) is 3.24. The van der Waals surface area contributed by atoms with Gasteiger partial charge in [0.05, 0.1) is 12.5 Å².